The van der Waals surface area contributed by atoms with E-state index in [0.29, 0.717) is 22.8 Å². The predicted octanol–water partition coefficient (Wildman–Crippen LogP) is 2.80. The largest absolute Gasteiger partial charge is 0.494 e. The smallest absolute Gasteiger partial charge is 0.206 e. The summed E-state index contributed by atoms with van der Waals surface area (Å²) in [6.07, 6.45) is 0. The lowest BCUT2D eigenvalue weighted by Crippen LogP contribution is -2.03. The topological polar surface area (TPSA) is 76.9 Å². The van der Waals surface area contributed by atoms with Crippen molar-refractivity contribution in [3.8, 4) is 17.5 Å². The van der Waals surface area contributed by atoms with Crippen LogP contribution in [0.5, 0.6) is 5.75 Å². The average Bonchev–Trinajstić information content (AvgIpc) is 2.82. The van der Waals surface area contributed by atoms with E-state index >= 15 is 0 Å². The molecule has 0 spiro atoms. The lowest BCUT2D eigenvalue weighted by molar-refractivity contribution is 0.419. The second-order valence-corrected chi connectivity index (χ2v) is 4.71. The number of benzene rings is 2. The lowest BCUT2D eigenvalue weighted by Gasteiger charge is -2.10. The molecule has 0 aliphatic heterocycles. The van der Waals surface area contributed by atoms with Gasteiger partial charge in [-0.2, -0.15) is 5.26 Å². The van der Waals surface area contributed by atoms with Gasteiger partial charge in [-0.25, -0.2) is 4.98 Å². The van der Waals surface area contributed by atoms with Crippen LogP contribution in [0.1, 0.15) is 11.1 Å². The Labute approximate surface area is 122 Å². The van der Waals surface area contributed by atoms with Crippen LogP contribution in [-0.2, 0) is 0 Å². The molecule has 0 aliphatic rings. The van der Waals surface area contributed by atoms with Crippen molar-refractivity contribution in [2.75, 3.05) is 12.8 Å². The quantitative estimate of drug-likeness (QED) is 0.782. The molecular formula is C16H14N4O. The molecule has 2 N–H and O–H groups in total. The van der Waals surface area contributed by atoms with E-state index in [1.807, 2.05) is 43.3 Å². The Hall–Kier alpha value is -3.00. The van der Waals surface area contributed by atoms with Crippen LogP contribution in [0.3, 0.4) is 0 Å². The molecule has 0 bridgehead atoms. The van der Waals surface area contributed by atoms with E-state index in [1.54, 1.807) is 11.7 Å². The van der Waals surface area contributed by atoms with Crippen LogP contribution in [-0.4, -0.2) is 16.7 Å². The van der Waals surface area contributed by atoms with E-state index in [0.717, 1.165) is 16.8 Å². The second kappa shape index (κ2) is 4.84. The van der Waals surface area contributed by atoms with Gasteiger partial charge in [-0.3, -0.25) is 4.57 Å². The Morgan fingerprint density at radius 1 is 1.24 bits per heavy atom. The van der Waals surface area contributed by atoms with Crippen molar-refractivity contribution in [3.05, 3.63) is 47.5 Å². The van der Waals surface area contributed by atoms with Crippen LogP contribution < -0.4 is 10.5 Å². The molecule has 0 saturated carbocycles. The monoisotopic (exact) mass is 278 g/mol. The van der Waals surface area contributed by atoms with Crippen molar-refractivity contribution in [1.82, 2.24) is 9.55 Å². The minimum Gasteiger partial charge on any atom is -0.494 e. The molecule has 0 unspecified atom stereocenters. The van der Waals surface area contributed by atoms with E-state index in [-0.39, 0.29) is 0 Å². The zero-order valence-electron chi connectivity index (χ0n) is 11.8. The number of nitrogens with zero attached hydrogens (tertiary/aromatic N) is 3. The fourth-order valence-electron chi connectivity index (χ4n) is 2.49. The predicted molar refractivity (Wildman–Crippen MR) is 81.5 cm³/mol. The summed E-state index contributed by atoms with van der Waals surface area (Å²) in [4.78, 5) is 4.37. The van der Waals surface area contributed by atoms with Gasteiger partial charge in [-0.1, -0.05) is 18.2 Å². The lowest BCUT2D eigenvalue weighted by atomic mass is 10.1. The Morgan fingerprint density at radius 3 is 2.71 bits per heavy atom. The standard InChI is InChI=1S/C16H14N4O/c1-10-5-3-6-12(11(10)9-17)20-13-7-4-8-14(21-2)15(13)19-16(20)18/h3-8H,1-2H3,(H2,18,19). The van der Waals surface area contributed by atoms with Gasteiger partial charge in [-0.05, 0) is 30.7 Å². The number of aromatic nitrogens is 2. The number of anilines is 1. The normalized spacial score (nSPS) is 10.5. The Kier molecular flexibility index (Phi) is 2.99. The van der Waals surface area contributed by atoms with E-state index in [1.165, 1.54) is 0 Å². The number of nitriles is 1. The number of hydrogen-bond donors (Lipinski definition) is 1. The van der Waals surface area contributed by atoms with Gasteiger partial charge in [0.05, 0.1) is 23.9 Å². The van der Waals surface area contributed by atoms with E-state index in [2.05, 4.69) is 11.1 Å². The summed E-state index contributed by atoms with van der Waals surface area (Å²) < 4.78 is 7.10. The van der Waals surface area contributed by atoms with E-state index in [4.69, 9.17) is 10.5 Å². The molecule has 3 aromatic rings. The second-order valence-electron chi connectivity index (χ2n) is 4.71. The third-order valence-electron chi connectivity index (χ3n) is 3.50. The van der Waals surface area contributed by atoms with E-state index in [9.17, 15) is 5.26 Å². The molecule has 5 nitrogen and oxygen atoms in total. The highest BCUT2D eigenvalue weighted by molar-refractivity contribution is 5.86. The summed E-state index contributed by atoms with van der Waals surface area (Å²) in [6, 6.07) is 13.5. The number of rotatable bonds is 2. The highest BCUT2D eigenvalue weighted by atomic mass is 16.5. The molecule has 21 heavy (non-hydrogen) atoms. The van der Waals surface area contributed by atoms with Crippen molar-refractivity contribution in [3.63, 3.8) is 0 Å². The van der Waals surface area contributed by atoms with Gasteiger partial charge in [-0.15, -0.1) is 0 Å². The van der Waals surface area contributed by atoms with Crippen molar-refractivity contribution in [2.45, 2.75) is 6.92 Å². The summed E-state index contributed by atoms with van der Waals surface area (Å²) in [7, 11) is 1.59. The number of aryl methyl sites for hydroxylation is 1. The molecule has 3 rings (SSSR count). The van der Waals surface area contributed by atoms with Crippen LogP contribution in [0.4, 0.5) is 5.95 Å². The molecule has 1 heterocycles. The summed E-state index contributed by atoms with van der Waals surface area (Å²) in [5.74, 6) is 0.987. The zero-order chi connectivity index (χ0) is 15.0. The number of nitrogens with two attached hydrogens (primary N) is 1. The molecular weight excluding hydrogens is 264 g/mol. The number of hydrogen-bond acceptors (Lipinski definition) is 4. The van der Waals surface area contributed by atoms with Gasteiger partial charge < -0.3 is 10.5 Å². The molecule has 0 aliphatic carbocycles. The Bertz CT molecular complexity index is 874. The number of nitrogen functional groups attached to an aromatic ring is 1. The SMILES string of the molecule is COc1cccc2c1nc(N)n2-c1cccc(C)c1C#N. The van der Waals surface area contributed by atoms with Crippen LogP contribution in [0.15, 0.2) is 36.4 Å². The summed E-state index contributed by atoms with van der Waals surface area (Å²) >= 11 is 0. The number of imidazole rings is 1. The minimum absolute atomic E-state index is 0.330. The number of ether oxygens (including phenoxy) is 1. The highest BCUT2D eigenvalue weighted by Crippen LogP contribution is 2.31. The first-order valence-corrected chi connectivity index (χ1v) is 6.48. The van der Waals surface area contributed by atoms with Gasteiger partial charge >= 0.3 is 0 Å². The Balaban J connectivity index is 2.40. The molecule has 1 aromatic heterocycles. The first-order valence-electron chi connectivity index (χ1n) is 6.48. The van der Waals surface area contributed by atoms with Crippen LogP contribution >= 0.6 is 0 Å². The van der Waals surface area contributed by atoms with Crippen LogP contribution in [0.2, 0.25) is 0 Å². The number of fused-ring (bicyclic) bond motifs is 1. The maximum Gasteiger partial charge on any atom is 0.206 e. The van der Waals surface area contributed by atoms with Gasteiger partial charge in [0.25, 0.3) is 0 Å². The molecule has 104 valence electrons. The van der Waals surface area contributed by atoms with Crippen molar-refractivity contribution < 1.29 is 4.74 Å². The first kappa shape index (κ1) is 13.0. The molecule has 5 heteroatoms. The first-order chi connectivity index (χ1) is 10.2. The van der Waals surface area contributed by atoms with Crippen molar-refractivity contribution in [2.24, 2.45) is 0 Å². The molecule has 0 radical (unpaired) electrons. The van der Waals surface area contributed by atoms with Crippen LogP contribution in [0.25, 0.3) is 16.7 Å². The zero-order valence-corrected chi connectivity index (χ0v) is 11.8. The maximum atomic E-state index is 9.41. The number of para-hydroxylation sites is 1. The Morgan fingerprint density at radius 2 is 2.00 bits per heavy atom. The van der Waals surface area contributed by atoms with Crippen LogP contribution in [0, 0.1) is 18.3 Å². The maximum absolute atomic E-state index is 9.41. The summed E-state index contributed by atoms with van der Waals surface area (Å²) in [5.41, 5.74) is 9.79. The highest BCUT2D eigenvalue weighted by Gasteiger charge is 2.16. The summed E-state index contributed by atoms with van der Waals surface area (Å²) in [6.45, 7) is 1.90. The van der Waals surface area contributed by atoms with Gasteiger partial charge in [0, 0.05) is 0 Å². The third kappa shape index (κ3) is 1.89. The van der Waals surface area contributed by atoms with Crippen molar-refractivity contribution >= 4 is 17.0 Å². The fraction of sp³-hybridized carbons (Fsp3) is 0.125. The molecule has 0 atom stereocenters. The molecule has 0 amide bonds. The third-order valence-corrected chi connectivity index (χ3v) is 3.50. The molecule has 2 aromatic carbocycles. The van der Waals surface area contributed by atoms with Gasteiger partial charge in [0.1, 0.15) is 17.3 Å². The van der Waals surface area contributed by atoms with Crippen molar-refractivity contribution in [1.29, 1.82) is 5.26 Å². The molecule has 0 fully saturated rings. The summed E-state index contributed by atoms with van der Waals surface area (Å²) in [5, 5.41) is 9.41. The number of methoxy groups -OCH3 is 1. The average molecular weight is 278 g/mol. The fourth-order valence-corrected chi connectivity index (χ4v) is 2.49. The van der Waals surface area contributed by atoms with Gasteiger partial charge in [0.15, 0.2) is 0 Å². The minimum atomic E-state index is 0.330. The molecule has 0 saturated heterocycles. The van der Waals surface area contributed by atoms with E-state index < -0.39 is 0 Å². The van der Waals surface area contributed by atoms with Gasteiger partial charge in [0.2, 0.25) is 5.95 Å².